The Bertz CT molecular complexity index is 598. The van der Waals surface area contributed by atoms with Crippen molar-refractivity contribution in [2.75, 3.05) is 16.8 Å². The lowest BCUT2D eigenvalue weighted by atomic mass is 9.90. The summed E-state index contributed by atoms with van der Waals surface area (Å²) in [6.07, 6.45) is 7.02. The van der Waals surface area contributed by atoms with Crippen molar-refractivity contribution in [1.29, 1.82) is 0 Å². The largest absolute Gasteiger partial charge is 0.368 e. The first kappa shape index (κ1) is 14.2. The number of alkyl halides is 1. The fourth-order valence-electron chi connectivity index (χ4n) is 2.78. The van der Waals surface area contributed by atoms with Crippen molar-refractivity contribution in [3.8, 4) is 0 Å². The highest BCUT2D eigenvalue weighted by Gasteiger charge is 2.25. The number of hydrogen-bond acceptors (Lipinski definition) is 2. The molecule has 0 aliphatic heterocycles. The van der Waals surface area contributed by atoms with E-state index < -0.39 is 0 Å². The highest BCUT2D eigenvalue weighted by Crippen LogP contribution is 2.34. The molecule has 0 N–H and O–H groups in total. The Morgan fingerprint density at radius 1 is 1.30 bits per heavy atom. The summed E-state index contributed by atoms with van der Waals surface area (Å²) in [7, 11) is 0. The second kappa shape index (κ2) is 6.31. The third-order valence-corrected chi connectivity index (χ3v) is 4.84. The number of rotatable bonds is 5. The van der Waals surface area contributed by atoms with Gasteiger partial charge in [-0.05, 0) is 49.9 Å². The fraction of sp³-hybridized carbons (Fsp3) is 0.438. The van der Waals surface area contributed by atoms with E-state index in [1.165, 1.54) is 30.3 Å². The van der Waals surface area contributed by atoms with Crippen molar-refractivity contribution in [2.24, 2.45) is 0 Å². The zero-order valence-corrected chi connectivity index (χ0v) is 13.7. The Morgan fingerprint density at radius 2 is 2.15 bits per heavy atom. The van der Waals surface area contributed by atoms with Gasteiger partial charge in [0, 0.05) is 40.2 Å². The van der Waals surface area contributed by atoms with Crippen molar-refractivity contribution in [1.82, 2.24) is 4.98 Å². The van der Waals surface area contributed by atoms with Crippen LogP contribution in [0.5, 0.6) is 0 Å². The molecule has 20 heavy (non-hydrogen) atoms. The van der Waals surface area contributed by atoms with Gasteiger partial charge in [0.2, 0.25) is 0 Å². The van der Waals surface area contributed by atoms with Gasteiger partial charge < -0.3 is 4.90 Å². The molecule has 0 radical (unpaired) electrons. The van der Waals surface area contributed by atoms with Crippen molar-refractivity contribution < 1.29 is 0 Å². The first-order chi connectivity index (χ1) is 9.79. The molecule has 4 heteroatoms. The van der Waals surface area contributed by atoms with E-state index >= 15 is 0 Å². The molecular formula is C16H18BrClN2. The van der Waals surface area contributed by atoms with Crippen molar-refractivity contribution in [2.45, 2.75) is 31.7 Å². The Hall–Kier alpha value is -0.800. The second-order valence-electron chi connectivity index (χ2n) is 5.31. The van der Waals surface area contributed by atoms with E-state index in [1.54, 1.807) is 0 Å². The molecule has 0 amide bonds. The Kier molecular flexibility index (Phi) is 4.47. The average Bonchev–Trinajstić information content (AvgIpc) is 2.40. The maximum atomic E-state index is 6.08. The summed E-state index contributed by atoms with van der Waals surface area (Å²) in [6.45, 7) is 1.09. The topological polar surface area (TPSA) is 16.1 Å². The molecule has 1 heterocycles. The van der Waals surface area contributed by atoms with Crippen LogP contribution in [0, 0.1) is 0 Å². The smallest absolute Gasteiger partial charge is 0.0737 e. The van der Waals surface area contributed by atoms with Crippen LogP contribution in [0.2, 0.25) is 5.02 Å². The highest BCUT2D eigenvalue weighted by molar-refractivity contribution is 9.09. The molecule has 0 bridgehead atoms. The summed E-state index contributed by atoms with van der Waals surface area (Å²) >= 11 is 9.62. The van der Waals surface area contributed by atoms with Crippen LogP contribution in [-0.4, -0.2) is 22.9 Å². The molecule has 3 rings (SSSR count). The number of aromatic nitrogens is 1. The molecule has 0 saturated heterocycles. The van der Waals surface area contributed by atoms with Crippen molar-refractivity contribution in [3.05, 3.63) is 35.5 Å². The van der Waals surface area contributed by atoms with Crippen LogP contribution in [0.4, 0.5) is 5.69 Å². The summed E-state index contributed by atoms with van der Waals surface area (Å²) in [4.78, 5) is 7.01. The lowest BCUT2D eigenvalue weighted by Crippen LogP contribution is -2.41. The second-order valence-corrected chi connectivity index (χ2v) is 6.54. The van der Waals surface area contributed by atoms with Gasteiger partial charge in [-0.2, -0.15) is 0 Å². The molecular weight excluding hydrogens is 336 g/mol. The van der Waals surface area contributed by atoms with E-state index in [9.17, 15) is 0 Å². The van der Waals surface area contributed by atoms with Crippen LogP contribution >= 0.6 is 27.5 Å². The minimum Gasteiger partial charge on any atom is -0.368 e. The van der Waals surface area contributed by atoms with Crippen LogP contribution in [0.1, 0.15) is 25.7 Å². The number of nitrogens with zero attached hydrogens (tertiary/aromatic N) is 2. The quantitative estimate of drug-likeness (QED) is 0.701. The molecule has 2 aromatic rings. The third kappa shape index (κ3) is 2.79. The maximum absolute atomic E-state index is 6.08. The van der Waals surface area contributed by atoms with Gasteiger partial charge in [-0.25, -0.2) is 0 Å². The summed E-state index contributed by atoms with van der Waals surface area (Å²) in [5.41, 5.74) is 2.29. The minimum absolute atomic E-state index is 0.690. The van der Waals surface area contributed by atoms with Gasteiger partial charge in [0.1, 0.15) is 0 Å². The monoisotopic (exact) mass is 352 g/mol. The standard InChI is InChI=1S/C16H18BrClN2/c17-8-2-10-20(13-3-1-4-13)16-7-9-19-15-11-12(18)5-6-14(15)16/h5-7,9,11,13H,1-4,8,10H2. The van der Waals surface area contributed by atoms with Gasteiger partial charge in [0.25, 0.3) is 0 Å². The predicted octanol–water partition coefficient (Wildman–Crippen LogP) is 5.03. The van der Waals surface area contributed by atoms with E-state index in [1.807, 2.05) is 18.3 Å². The number of fused-ring (bicyclic) bond motifs is 1. The maximum Gasteiger partial charge on any atom is 0.0737 e. The lowest BCUT2D eigenvalue weighted by molar-refractivity contribution is 0.387. The zero-order valence-electron chi connectivity index (χ0n) is 11.4. The number of benzene rings is 1. The van der Waals surface area contributed by atoms with Gasteiger partial charge >= 0.3 is 0 Å². The summed E-state index contributed by atoms with van der Waals surface area (Å²) in [5.74, 6) is 0. The molecule has 1 aliphatic rings. The van der Waals surface area contributed by atoms with Gasteiger partial charge in [0.15, 0.2) is 0 Å². The van der Waals surface area contributed by atoms with E-state index in [-0.39, 0.29) is 0 Å². The van der Waals surface area contributed by atoms with E-state index in [0.29, 0.717) is 6.04 Å². The first-order valence-corrected chi connectivity index (χ1v) is 8.66. The summed E-state index contributed by atoms with van der Waals surface area (Å²) < 4.78 is 0. The summed E-state index contributed by atoms with van der Waals surface area (Å²) in [6, 6.07) is 8.83. The van der Waals surface area contributed by atoms with Crippen molar-refractivity contribution in [3.63, 3.8) is 0 Å². The van der Waals surface area contributed by atoms with Gasteiger partial charge in [0.05, 0.1) is 5.52 Å². The molecule has 106 valence electrons. The normalized spacial score (nSPS) is 15.3. The molecule has 0 atom stereocenters. The number of halogens is 2. The number of anilines is 1. The van der Waals surface area contributed by atoms with Gasteiger partial charge in [-0.3, -0.25) is 4.98 Å². The molecule has 1 aromatic heterocycles. The zero-order chi connectivity index (χ0) is 13.9. The summed E-state index contributed by atoms with van der Waals surface area (Å²) in [5, 5.41) is 3.00. The van der Waals surface area contributed by atoms with E-state index in [4.69, 9.17) is 11.6 Å². The molecule has 1 fully saturated rings. The predicted molar refractivity (Wildman–Crippen MR) is 90.1 cm³/mol. The molecule has 2 nitrogen and oxygen atoms in total. The van der Waals surface area contributed by atoms with Gasteiger partial charge in [-0.15, -0.1) is 0 Å². The Balaban J connectivity index is 2.00. The number of pyridine rings is 1. The van der Waals surface area contributed by atoms with Crippen LogP contribution < -0.4 is 4.90 Å². The lowest BCUT2D eigenvalue weighted by Gasteiger charge is -2.39. The van der Waals surface area contributed by atoms with Crippen LogP contribution in [0.25, 0.3) is 10.9 Å². The van der Waals surface area contributed by atoms with E-state index in [2.05, 4.69) is 37.9 Å². The van der Waals surface area contributed by atoms with Crippen LogP contribution in [0.3, 0.4) is 0 Å². The third-order valence-electron chi connectivity index (χ3n) is 4.04. The highest BCUT2D eigenvalue weighted by atomic mass is 79.9. The molecule has 1 saturated carbocycles. The van der Waals surface area contributed by atoms with Gasteiger partial charge in [-0.1, -0.05) is 27.5 Å². The average molecular weight is 354 g/mol. The molecule has 1 aromatic carbocycles. The minimum atomic E-state index is 0.690. The fourth-order valence-corrected chi connectivity index (χ4v) is 3.20. The Morgan fingerprint density at radius 3 is 2.85 bits per heavy atom. The van der Waals surface area contributed by atoms with Crippen molar-refractivity contribution >= 4 is 44.1 Å². The number of hydrogen-bond donors (Lipinski definition) is 0. The van der Waals surface area contributed by atoms with Crippen LogP contribution in [-0.2, 0) is 0 Å². The molecule has 0 spiro atoms. The van der Waals surface area contributed by atoms with E-state index in [0.717, 1.165) is 28.8 Å². The van der Waals surface area contributed by atoms with Crippen LogP contribution in [0.15, 0.2) is 30.5 Å². The molecule has 1 aliphatic carbocycles. The first-order valence-electron chi connectivity index (χ1n) is 7.16. The SMILES string of the molecule is Clc1ccc2c(N(CCCBr)C3CCC3)ccnc2c1. The Labute approximate surface area is 133 Å². The molecule has 0 unspecified atom stereocenters.